The van der Waals surface area contributed by atoms with Gasteiger partial charge in [-0.3, -0.25) is 4.90 Å². The Morgan fingerprint density at radius 1 is 1.36 bits per heavy atom. The molecule has 5 heteroatoms. The minimum Gasteiger partial charge on any atom is -0.496 e. The molecule has 116 valence electrons. The number of benzene rings is 1. The summed E-state index contributed by atoms with van der Waals surface area (Å²) in [6.07, 6.45) is 3.71. The highest BCUT2D eigenvalue weighted by Gasteiger charge is 2.19. The van der Waals surface area contributed by atoms with E-state index in [9.17, 15) is 4.39 Å². The summed E-state index contributed by atoms with van der Waals surface area (Å²) in [5.74, 6) is 1.37. The van der Waals surface area contributed by atoms with Crippen LogP contribution in [0.1, 0.15) is 29.6 Å². The Morgan fingerprint density at radius 3 is 3.00 bits per heavy atom. The van der Waals surface area contributed by atoms with Crippen LogP contribution in [-0.4, -0.2) is 28.5 Å². The normalized spacial score (nSPS) is 14.7. The fourth-order valence-corrected chi connectivity index (χ4v) is 2.82. The van der Waals surface area contributed by atoms with E-state index in [0.717, 1.165) is 48.8 Å². The van der Waals surface area contributed by atoms with Crippen LogP contribution >= 0.6 is 0 Å². The maximum atomic E-state index is 13.5. The molecular formula is C17H20FN3O. The quantitative estimate of drug-likeness (QED) is 0.870. The lowest BCUT2D eigenvalue weighted by Gasteiger charge is -2.28. The van der Waals surface area contributed by atoms with E-state index in [4.69, 9.17) is 4.74 Å². The van der Waals surface area contributed by atoms with E-state index in [0.29, 0.717) is 6.54 Å². The maximum absolute atomic E-state index is 13.5. The number of aryl methyl sites for hydroxylation is 1. The second-order valence-corrected chi connectivity index (χ2v) is 5.53. The molecular weight excluding hydrogens is 281 g/mol. The largest absolute Gasteiger partial charge is 0.496 e. The van der Waals surface area contributed by atoms with Gasteiger partial charge in [0.2, 0.25) is 0 Å². The molecule has 4 nitrogen and oxygen atoms in total. The molecule has 0 N–H and O–H groups in total. The van der Waals surface area contributed by atoms with Crippen LogP contribution in [-0.2, 0) is 25.9 Å². The highest BCUT2D eigenvalue weighted by atomic mass is 19.1. The van der Waals surface area contributed by atoms with Crippen LogP contribution in [0.15, 0.2) is 24.4 Å². The topological polar surface area (TPSA) is 38.2 Å². The predicted molar refractivity (Wildman–Crippen MR) is 82.2 cm³/mol. The Kier molecular flexibility index (Phi) is 4.34. The molecule has 0 amide bonds. The molecule has 0 saturated carbocycles. The summed E-state index contributed by atoms with van der Waals surface area (Å²) in [6, 6.07) is 4.65. The van der Waals surface area contributed by atoms with Crippen LogP contribution in [0.4, 0.5) is 4.39 Å². The van der Waals surface area contributed by atoms with Gasteiger partial charge in [-0.1, -0.05) is 6.92 Å². The van der Waals surface area contributed by atoms with Gasteiger partial charge in [-0.05, 0) is 30.2 Å². The SMILES string of the molecule is CCc1ncc2c(n1)CN(Cc1cc(F)ccc1OC)CC2. The molecule has 1 aromatic carbocycles. The van der Waals surface area contributed by atoms with E-state index in [-0.39, 0.29) is 5.82 Å². The summed E-state index contributed by atoms with van der Waals surface area (Å²) >= 11 is 0. The molecule has 0 bridgehead atoms. The van der Waals surface area contributed by atoms with Crippen LogP contribution in [0.2, 0.25) is 0 Å². The second kappa shape index (κ2) is 6.40. The monoisotopic (exact) mass is 301 g/mol. The zero-order valence-corrected chi connectivity index (χ0v) is 13.0. The maximum Gasteiger partial charge on any atom is 0.128 e. The van der Waals surface area contributed by atoms with Gasteiger partial charge in [0.05, 0.1) is 12.8 Å². The van der Waals surface area contributed by atoms with Gasteiger partial charge in [-0.2, -0.15) is 0 Å². The van der Waals surface area contributed by atoms with Crippen LogP contribution in [0.3, 0.4) is 0 Å². The first-order valence-electron chi connectivity index (χ1n) is 7.58. The molecule has 0 atom stereocenters. The first-order valence-corrected chi connectivity index (χ1v) is 7.58. The highest BCUT2D eigenvalue weighted by Crippen LogP contribution is 2.24. The molecule has 2 aromatic rings. The second-order valence-electron chi connectivity index (χ2n) is 5.53. The van der Waals surface area contributed by atoms with E-state index in [1.807, 2.05) is 6.20 Å². The van der Waals surface area contributed by atoms with Crippen molar-refractivity contribution in [2.45, 2.75) is 32.9 Å². The molecule has 0 aliphatic carbocycles. The first kappa shape index (κ1) is 14.9. The van der Waals surface area contributed by atoms with Gasteiger partial charge < -0.3 is 4.74 Å². The minimum absolute atomic E-state index is 0.233. The Morgan fingerprint density at radius 2 is 2.23 bits per heavy atom. The molecule has 1 aliphatic rings. The van der Waals surface area contributed by atoms with Crippen molar-refractivity contribution < 1.29 is 9.13 Å². The Bertz CT molecular complexity index is 675. The van der Waals surface area contributed by atoms with Crippen LogP contribution in [0.5, 0.6) is 5.75 Å². The van der Waals surface area contributed by atoms with Gasteiger partial charge in [0.25, 0.3) is 0 Å². The molecule has 0 radical (unpaired) electrons. The van der Waals surface area contributed by atoms with Crippen molar-refractivity contribution in [1.82, 2.24) is 14.9 Å². The predicted octanol–water partition coefficient (Wildman–Crippen LogP) is 2.75. The standard InChI is InChI=1S/C17H20FN3O/c1-3-17-19-9-12-6-7-21(11-15(12)20-17)10-13-8-14(18)4-5-16(13)22-2/h4-5,8-9H,3,6-7,10-11H2,1-2H3. The van der Waals surface area contributed by atoms with Crippen LogP contribution < -0.4 is 4.74 Å². The number of ether oxygens (including phenoxy) is 1. The smallest absolute Gasteiger partial charge is 0.128 e. The van der Waals surface area contributed by atoms with Crippen molar-refractivity contribution in [3.63, 3.8) is 0 Å². The molecule has 1 aromatic heterocycles. The molecule has 0 unspecified atom stereocenters. The van der Waals surface area contributed by atoms with Gasteiger partial charge in [0.15, 0.2) is 0 Å². The van der Waals surface area contributed by atoms with Crippen LogP contribution in [0, 0.1) is 5.82 Å². The molecule has 0 spiro atoms. The first-order chi connectivity index (χ1) is 10.7. The summed E-state index contributed by atoms with van der Waals surface area (Å²) in [7, 11) is 1.61. The van der Waals surface area contributed by atoms with Crippen molar-refractivity contribution in [2.75, 3.05) is 13.7 Å². The van der Waals surface area contributed by atoms with Crippen LogP contribution in [0.25, 0.3) is 0 Å². The number of halogens is 1. The number of hydrogen-bond acceptors (Lipinski definition) is 4. The van der Waals surface area contributed by atoms with E-state index >= 15 is 0 Å². The van der Waals surface area contributed by atoms with Crippen molar-refractivity contribution in [2.24, 2.45) is 0 Å². The van der Waals surface area contributed by atoms with E-state index in [2.05, 4.69) is 21.8 Å². The van der Waals surface area contributed by atoms with Gasteiger partial charge in [-0.25, -0.2) is 14.4 Å². The Labute approximate surface area is 130 Å². The number of fused-ring (bicyclic) bond motifs is 1. The molecule has 0 saturated heterocycles. The fraction of sp³-hybridized carbons (Fsp3) is 0.412. The lowest BCUT2D eigenvalue weighted by molar-refractivity contribution is 0.236. The van der Waals surface area contributed by atoms with Crippen molar-refractivity contribution >= 4 is 0 Å². The summed E-state index contributed by atoms with van der Waals surface area (Å²) in [5, 5.41) is 0. The molecule has 1 aliphatic heterocycles. The van der Waals surface area contributed by atoms with Crippen molar-refractivity contribution in [3.8, 4) is 5.75 Å². The molecule has 3 rings (SSSR count). The average Bonchev–Trinajstić information content (AvgIpc) is 2.54. The van der Waals surface area contributed by atoms with Gasteiger partial charge in [-0.15, -0.1) is 0 Å². The molecule has 0 fully saturated rings. The van der Waals surface area contributed by atoms with Gasteiger partial charge in [0, 0.05) is 37.8 Å². The summed E-state index contributed by atoms with van der Waals surface area (Å²) in [5.41, 5.74) is 3.18. The van der Waals surface area contributed by atoms with E-state index < -0.39 is 0 Å². The van der Waals surface area contributed by atoms with E-state index in [1.165, 1.54) is 11.6 Å². The summed E-state index contributed by atoms with van der Waals surface area (Å²) in [6.45, 7) is 4.40. The average molecular weight is 301 g/mol. The lowest BCUT2D eigenvalue weighted by Crippen LogP contribution is -2.31. The minimum atomic E-state index is -0.233. The third kappa shape index (κ3) is 3.09. The Hall–Kier alpha value is -2.01. The highest BCUT2D eigenvalue weighted by molar-refractivity contribution is 5.34. The number of methoxy groups -OCH3 is 1. The fourth-order valence-electron chi connectivity index (χ4n) is 2.82. The molecule has 22 heavy (non-hydrogen) atoms. The van der Waals surface area contributed by atoms with E-state index in [1.54, 1.807) is 19.2 Å². The third-order valence-corrected chi connectivity index (χ3v) is 4.03. The number of hydrogen-bond donors (Lipinski definition) is 0. The number of aromatic nitrogens is 2. The zero-order valence-electron chi connectivity index (χ0n) is 13.0. The Balaban J connectivity index is 1.79. The third-order valence-electron chi connectivity index (χ3n) is 4.03. The summed E-state index contributed by atoms with van der Waals surface area (Å²) < 4.78 is 18.8. The molecule has 2 heterocycles. The van der Waals surface area contributed by atoms with Gasteiger partial charge in [0.1, 0.15) is 17.4 Å². The summed E-state index contributed by atoms with van der Waals surface area (Å²) in [4.78, 5) is 11.3. The number of nitrogens with zero attached hydrogens (tertiary/aromatic N) is 3. The number of rotatable bonds is 4. The van der Waals surface area contributed by atoms with Gasteiger partial charge >= 0.3 is 0 Å². The van der Waals surface area contributed by atoms with Crippen molar-refractivity contribution in [1.29, 1.82) is 0 Å². The van der Waals surface area contributed by atoms with Crippen molar-refractivity contribution in [3.05, 3.63) is 52.9 Å². The zero-order chi connectivity index (χ0) is 15.5. The lowest BCUT2D eigenvalue weighted by atomic mass is 10.1.